The summed E-state index contributed by atoms with van der Waals surface area (Å²) in [6, 6.07) is 8.85. The molecule has 5 nitrogen and oxygen atoms in total. The second kappa shape index (κ2) is 7.79. The molecular formula is C18H27N3O2. The molecule has 126 valence electrons. The van der Waals surface area contributed by atoms with E-state index >= 15 is 0 Å². The third-order valence-electron chi connectivity index (χ3n) is 4.76. The number of morpholine rings is 1. The van der Waals surface area contributed by atoms with Crippen molar-refractivity contribution in [1.29, 1.82) is 0 Å². The standard InChI is InChI=1S/C18H27N3O2/c1-15(19-14-18(22)21-9-11-23-12-10-21)16-5-4-6-17(13-16)20-7-2-3-8-20/h4-6,13,15,19H,2-3,7-12,14H2,1H3/t15-/m1/s1. The summed E-state index contributed by atoms with van der Waals surface area (Å²) in [4.78, 5) is 16.5. The predicted molar refractivity (Wildman–Crippen MR) is 91.7 cm³/mol. The molecule has 1 N–H and O–H groups in total. The van der Waals surface area contributed by atoms with Gasteiger partial charge in [-0.15, -0.1) is 0 Å². The molecule has 0 saturated carbocycles. The van der Waals surface area contributed by atoms with Gasteiger partial charge < -0.3 is 19.9 Å². The maximum atomic E-state index is 12.2. The highest BCUT2D eigenvalue weighted by Crippen LogP contribution is 2.23. The van der Waals surface area contributed by atoms with Gasteiger partial charge in [0.05, 0.1) is 19.8 Å². The lowest BCUT2D eigenvalue weighted by Gasteiger charge is -2.27. The maximum absolute atomic E-state index is 12.2. The van der Waals surface area contributed by atoms with Crippen molar-refractivity contribution >= 4 is 11.6 Å². The number of carbonyl (C=O) groups excluding carboxylic acids is 1. The summed E-state index contributed by atoms with van der Waals surface area (Å²) in [5.74, 6) is 0.163. The number of benzene rings is 1. The van der Waals surface area contributed by atoms with Gasteiger partial charge in [0.1, 0.15) is 0 Å². The predicted octanol–water partition coefficient (Wildman–Crippen LogP) is 1.80. The normalized spacial score (nSPS) is 19.9. The van der Waals surface area contributed by atoms with Crippen LogP contribution in [-0.4, -0.2) is 56.7 Å². The van der Waals surface area contributed by atoms with Crippen LogP contribution < -0.4 is 10.2 Å². The first-order chi connectivity index (χ1) is 11.2. The van der Waals surface area contributed by atoms with Crippen LogP contribution in [0.1, 0.15) is 31.4 Å². The molecule has 0 unspecified atom stereocenters. The summed E-state index contributed by atoms with van der Waals surface area (Å²) in [5.41, 5.74) is 2.54. The van der Waals surface area contributed by atoms with E-state index in [-0.39, 0.29) is 11.9 Å². The monoisotopic (exact) mass is 317 g/mol. The van der Waals surface area contributed by atoms with E-state index in [9.17, 15) is 4.79 Å². The molecule has 0 aromatic heterocycles. The molecule has 0 spiro atoms. The van der Waals surface area contributed by atoms with Gasteiger partial charge in [-0.2, -0.15) is 0 Å². The highest BCUT2D eigenvalue weighted by atomic mass is 16.5. The number of nitrogens with zero attached hydrogens (tertiary/aromatic N) is 2. The second-order valence-corrected chi connectivity index (χ2v) is 6.38. The minimum Gasteiger partial charge on any atom is -0.378 e. The van der Waals surface area contributed by atoms with Gasteiger partial charge in [-0.3, -0.25) is 4.79 Å². The molecule has 3 rings (SSSR count). The zero-order valence-corrected chi connectivity index (χ0v) is 14.0. The smallest absolute Gasteiger partial charge is 0.236 e. The molecule has 2 aliphatic heterocycles. The van der Waals surface area contributed by atoms with Crippen LogP contribution in [-0.2, 0) is 9.53 Å². The van der Waals surface area contributed by atoms with E-state index in [1.54, 1.807) is 0 Å². The van der Waals surface area contributed by atoms with Gasteiger partial charge in [-0.25, -0.2) is 0 Å². The SMILES string of the molecule is C[C@@H](NCC(=O)N1CCOCC1)c1cccc(N2CCCC2)c1. The van der Waals surface area contributed by atoms with E-state index in [1.165, 1.54) is 24.1 Å². The van der Waals surface area contributed by atoms with Gasteiger partial charge in [0.2, 0.25) is 5.91 Å². The minimum atomic E-state index is 0.163. The molecule has 5 heteroatoms. The summed E-state index contributed by atoms with van der Waals surface area (Å²) in [6.07, 6.45) is 2.57. The molecule has 0 bridgehead atoms. The summed E-state index contributed by atoms with van der Waals surface area (Å²) in [5, 5.41) is 3.36. The molecular weight excluding hydrogens is 290 g/mol. The highest BCUT2D eigenvalue weighted by Gasteiger charge is 2.18. The Balaban J connectivity index is 1.54. The van der Waals surface area contributed by atoms with E-state index in [2.05, 4.69) is 41.4 Å². The van der Waals surface area contributed by atoms with Crippen LogP contribution in [0, 0.1) is 0 Å². The van der Waals surface area contributed by atoms with E-state index in [4.69, 9.17) is 4.74 Å². The van der Waals surface area contributed by atoms with Crippen molar-refractivity contribution in [2.45, 2.75) is 25.8 Å². The molecule has 1 amide bonds. The molecule has 0 radical (unpaired) electrons. The average molecular weight is 317 g/mol. The average Bonchev–Trinajstić information content (AvgIpc) is 3.15. The molecule has 2 heterocycles. The number of hydrogen-bond acceptors (Lipinski definition) is 4. The van der Waals surface area contributed by atoms with Crippen LogP contribution in [0.5, 0.6) is 0 Å². The lowest BCUT2D eigenvalue weighted by atomic mass is 10.1. The van der Waals surface area contributed by atoms with Crippen LogP contribution in [0.15, 0.2) is 24.3 Å². The first-order valence-electron chi connectivity index (χ1n) is 8.68. The van der Waals surface area contributed by atoms with Crippen molar-refractivity contribution in [3.05, 3.63) is 29.8 Å². The molecule has 1 atom stereocenters. The molecule has 0 aliphatic carbocycles. The van der Waals surface area contributed by atoms with Crippen molar-refractivity contribution in [3.63, 3.8) is 0 Å². The van der Waals surface area contributed by atoms with Gasteiger partial charge in [-0.1, -0.05) is 12.1 Å². The van der Waals surface area contributed by atoms with Crippen molar-refractivity contribution in [2.24, 2.45) is 0 Å². The lowest BCUT2D eigenvalue weighted by Crippen LogP contribution is -2.45. The quantitative estimate of drug-likeness (QED) is 0.899. The fourth-order valence-corrected chi connectivity index (χ4v) is 3.25. The second-order valence-electron chi connectivity index (χ2n) is 6.38. The van der Waals surface area contributed by atoms with Gasteiger partial charge in [0, 0.05) is 37.9 Å². The summed E-state index contributed by atoms with van der Waals surface area (Å²) >= 11 is 0. The van der Waals surface area contributed by atoms with E-state index in [0.29, 0.717) is 32.8 Å². The molecule has 2 saturated heterocycles. The van der Waals surface area contributed by atoms with Crippen molar-refractivity contribution < 1.29 is 9.53 Å². The van der Waals surface area contributed by atoms with Crippen LogP contribution in [0.4, 0.5) is 5.69 Å². The van der Waals surface area contributed by atoms with Crippen LogP contribution >= 0.6 is 0 Å². The Morgan fingerprint density at radius 1 is 1.22 bits per heavy atom. The number of carbonyl (C=O) groups is 1. The Kier molecular flexibility index (Phi) is 5.51. The number of nitrogens with one attached hydrogen (secondary N) is 1. The van der Waals surface area contributed by atoms with Gasteiger partial charge in [-0.05, 0) is 37.5 Å². The first kappa shape index (κ1) is 16.3. The molecule has 2 aliphatic rings. The topological polar surface area (TPSA) is 44.8 Å². The number of anilines is 1. The number of rotatable bonds is 5. The fraction of sp³-hybridized carbons (Fsp3) is 0.611. The molecule has 1 aromatic rings. The summed E-state index contributed by atoms with van der Waals surface area (Å²) in [7, 11) is 0. The van der Waals surface area contributed by atoms with Gasteiger partial charge in [0.25, 0.3) is 0 Å². The third-order valence-corrected chi connectivity index (χ3v) is 4.76. The van der Waals surface area contributed by atoms with Crippen LogP contribution in [0.2, 0.25) is 0 Å². The van der Waals surface area contributed by atoms with Crippen LogP contribution in [0.3, 0.4) is 0 Å². The van der Waals surface area contributed by atoms with E-state index < -0.39 is 0 Å². The zero-order valence-electron chi connectivity index (χ0n) is 14.0. The molecule has 1 aromatic carbocycles. The van der Waals surface area contributed by atoms with Gasteiger partial charge in [0.15, 0.2) is 0 Å². The van der Waals surface area contributed by atoms with Crippen molar-refractivity contribution in [2.75, 3.05) is 50.8 Å². The van der Waals surface area contributed by atoms with Crippen molar-refractivity contribution in [3.8, 4) is 0 Å². The number of amides is 1. The summed E-state index contributed by atoms with van der Waals surface area (Å²) < 4.78 is 5.29. The van der Waals surface area contributed by atoms with Gasteiger partial charge >= 0.3 is 0 Å². The van der Waals surface area contributed by atoms with Crippen molar-refractivity contribution in [1.82, 2.24) is 10.2 Å². The van der Waals surface area contributed by atoms with E-state index in [0.717, 1.165) is 13.1 Å². The Morgan fingerprint density at radius 3 is 2.70 bits per heavy atom. The fourth-order valence-electron chi connectivity index (χ4n) is 3.25. The Bertz CT molecular complexity index is 523. The number of ether oxygens (including phenoxy) is 1. The summed E-state index contributed by atoms with van der Waals surface area (Å²) in [6.45, 7) is 7.53. The largest absolute Gasteiger partial charge is 0.378 e. The Labute approximate surface area is 138 Å². The first-order valence-corrected chi connectivity index (χ1v) is 8.68. The lowest BCUT2D eigenvalue weighted by molar-refractivity contribution is -0.134. The third kappa shape index (κ3) is 4.24. The molecule has 23 heavy (non-hydrogen) atoms. The van der Waals surface area contributed by atoms with Crippen LogP contribution in [0.25, 0.3) is 0 Å². The number of hydrogen-bond donors (Lipinski definition) is 1. The molecule has 2 fully saturated rings. The maximum Gasteiger partial charge on any atom is 0.236 e. The highest BCUT2D eigenvalue weighted by molar-refractivity contribution is 5.78. The van der Waals surface area contributed by atoms with E-state index in [1.807, 2.05) is 4.90 Å². The minimum absolute atomic E-state index is 0.163. The Hall–Kier alpha value is -1.59. The Morgan fingerprint density at radius 2 is 1.96 bits per heavy atom. The zero-order chi connectivity index (χ0) is 16.1.